The predicted octanol–water partition coefficient (Wildman–Crippen LogP) is 1.04. The molecule has 0 unspecified atom stereocenters. The number of nitrogens with one attached hydrogen (secondary N) is 1. The third kappa shape index (κ3) is 8.45. The fraction of sp³-hybridized carbons (Fsp3) is 0.368. The minimum absolute atomic E-state index is 0.169. The molecule has 0 aliphatic carbocycles. The van der Waals surface area contributed by atoms with Gasteiger partial charge in [0.05, 0.1) is 6.04 Å². The number of carboxylic acids is 1. The number of aliphatic carboxylic acids is 1. The van der Waals surface area contributed by atoms with E-state index in [2.05, 4.69) is 11.9 Å². The van der Waals surface area contributed by atoms with E-state index in [1.807, 2.05) is 30.3 Å². The van der Waals surface area contributed by atoms with Crippen molar-refractivity contribution in [1.82, 2.24) is 10.2 Å². The Balaban J connectivity index is 2.27. The van der Waals surface area contributed by atoms with Crippen molar-refractivity contribution in [3.8, 4) is 0 Å². The normalized spacial score (nSPS) is 11.2. The highest BCUT2D eigenvalue weighted by Crippen LogP contribution is 2.05. The van der Waals surface area contributed by atoms with E-state index in [-0.39, 0.29) is 13.0 Å². The lowest BCUT2D eigenvalue weighted by Crippen LogP contribution is -2.48. The Labute approximate surface area is 163 Å². The van der Waals surface area contributed by atoms with Gasteiger partial charge < -0.3 is 20.9 Å². The monoisotopic (exact) mass is 391 g/mol. The fourth-order valence-corrected chi connectivity index (χ4v) is 2.29. The van der Waals surface area contributed by atoms with Gasteiger partial charge in [0.15, 0.2) is 0 Å². The highest BCUT2D eigenvalue weighted by molar-refractivity contribution is 6.04. The van der Waals surface area contributed by atoms with Gasteiger partial charge in [-0.05, 0) is 30.9 Å². The molecule has 0 saturated heterocycles. The van der Waals surface area contributed by atoms with E-state index in [0.29, 0.717) is 24.3 Å². The second kappa shape index (κ2) is 12.2. The van der Waals surface area contributed by atoms with Crippen LogP contribution < -0.4 is 11.1 Å². The number of amides is 3. The van der Waals surface area contributed by atoms with Crippen molar-refractivity contribution in [2.45, 2.75) is 31.9 Å². The van der Waals surface area contributed by atoms with Crippen molar-refractivity contribution >= 4 is 23.9 Å². The summed E-state index contributed by atoms with van der Waals surface area (Å²) in [6.07, 6.45) is 1.58. The molecule has 0 aliphatic heterocycles. The standard InChI is InChI=1S/C19H25N3O6/c1-2-16(23)22(12-17(24)25)18(26)15(20)10-6-7-11-21-19(27)28-13-14-8-4-3-5-9-14/h2-5,8-9,15H,1,6-7,10-13,20H2,(H,21,27)(H,24,25)/t15-/m0/s1. The lowest BCUT2D eigenvalue weighted by Gasteiger charge is -2.21. The molecule has 9 nitrogen and oxygen atoms in total. The van der Waals surface area contributed by atoms with E-state index in [1.54, 1.807) is 0 Å². The molecule has 1 atom stereocenters. The third-order valence-electron chi connectivity index (χ3n) is 3.74. The molecule has 0 saturated carbocycles. The Kier molecular flexibility index (Phi) is 9.98. The zero-order chi connectivity index (χ0) is 20.9. The number of hydrogen-bond donors (Lipinski definition) is 3. The number of carboxylic acid groups (broad SMARTS) is 1. The molecule has 0 spiro atoms. The zero-order valence-electron chi connectivity index (χ0n) is 15.5. The number of alkyl carbamates (subject to hydrolysis) is 1. The van der Waals surface area contributed by atoms with Crippen LogP contribution in [0.2, 0.25) is 0 Å². The van der Waals surface area contributed by atoms with Gasteiger partial charge in [-0.15, -0.1) is 0 Å². The first kappa shape index (κ1) is 22.8. The molecule has 0 bridgehead atoms. The number of carbonyl (C=O) groups excluding carboxylic acids is 3. The molecule has 1 aromatic rings. The predicted molar refractivity (Wildman–Crippen MR) is 101 cm³/mol. The molecule has 1 aromatic carbocycles. The number of hydrogen-bond acceptors (Lipinski definition) is 6. The lowest BCUT2D eigenvalue weighted by molar-refractivity contribution is -0.151. The van der Waals surface area contributed by atoms with E-state index < -0.39 is 36.5 Å². The summed E-state index contributed by atoms with van der Waals surface area (Å²) < 4.78 is 5.06. The van der Waals surface area contributed by atoms with Gasteiger partial charge >= 0.3 is 12.1 Å². The second-order valence-electron chi connectivity index (χ2n) is 5.95. The summed E-state index contributed by atoms with van der Waals surface area (Å²) >= 11 is 0. The summed E-state index contributed by atoms with van der Waals surface area (Å²) in [5.41, 5.74) is 6.63. The topological polar surface area (TPSA) is 139 Å². The fourth-order valence-electron chi connectivity index (χ4n) is 2.29. The Hall–Kier alpha value is -3.20. The number of rotatable bonds is 11. The van der Waals surface area contributed by atoms with Crippen LogP contribution in [-0.4, -0.2) is 53.0 Å². The Morgan fingerprint density at radius 1 is 1.21 bits per heavy atom. The maximum atomic E-state index is 12.2. The van der Waals surface area contributed by atoms with E-state index >= 15 is 0 Å². The number of nitrogens with two attached hydrogens (primary N) is 1. The highest BCUT2D eigenvalue weighted by Gasteiger charge is 2.26. The van der Waals surface area contributed by atoms with Crippen LogP contribution in [0.4, 0.5) is 4.79 Å². The Morgan fingerprint density at radius 2 is 1.89 bits per heavy atom. The Bertz CT molecular complexity index is 692. The first-order valence-electron chi connectivity index (χ1n) is 8.74. The van der Waals surface area contributed by atoms with E-state index in [4.69, 9.17) is 15.6 Å². The first-order chi connectivity index (χ1) is 13.3. The van der Waals surface area contributed by atoms with Crippen LogP contribution in [0.1, 0.15) is 24.8 Å². The van der Waals surface area contributed by atoms with Crippen LogP contribution in [0.5, 0.6) is 0 Å². The van der Waals surface area contributed by atoms with Crippen LogP contribution in [-0.2, 0) is 25.7 Å². The molecular formula is C19H25N3O6. The van der Waals surface area contributed by atoms with Gasteiger partial charge in [0.25, 0.3) is 5.91 Å². The Morgan fingerprint density at radius 3 is 2.50 bits per heavy atom. The van der Waals surface area contributed by atoms with Gasteiger partial charge in [-0.3, -0.25) is 19.3 Å². The number of carbonyl (C=O) groups is 4. The van der Waals surface area contributed by atoms with Gasteiger partial charge in [-0.1, -0.05) is 36.9 Å². The number of nitrogens with zero attached hydrogens (tertiary/aromatic N) is 1. The smallest absolute Gasteiger partial charge is 0.407 e. The molecule has 1 rings (SSSR count). The van der Waals surface area contributed by atoms with Gasteiger partial charge in [0.1, 0.15) is 13.2 Å². The summed E-state index contributed by atoms with van der Waals surface area (Å²) in [4.78, 5) is 46.7. The lowest BCUT2D eigenvalue weighted by atomic mass is 10.1. The second-order valence-corrected chi connectivity index (χ2v) is 5.95. The largest absolute Gasteiger partial charge is 0.480 e. The molecule has 0 radical (unpaired) electrons. The van der Waals surface area contributed by atoms with Crippen molar-refractivity contribution in [3.63, 3.8) is 0 Å². The first-order valence-corrected chi connectivity index (χ1v) is 8.74. The molecule has 0 fully saturated rings. The van der Waals surface area contributed by atoms with Crippen LogP contribution in [0.3, 0.4) is 0 Å². The van der Waals surface area contributed by atoms with Crippen molar-refractivity contribution in [2.75, 3.05) is 13.1 Å². The molecule has 9 heteroatoms. The number of ether oxygens (including phenoxy) is 1. The summed E-state index contributed by atoms with van der Waals surface area (Å²) in [5.74, 6) is -2.91. The summed E-state index contributed by atoms with van der Waals surface area (Å²) in [5, 5.41) is 11.4. The SMILES string of the molecule is C=CC(=O)N(CC(=O)O)C(=O)[C@@H](N)CCCCNC(=O)OCc1ccccc1. The number of benzene rings is 1. The van der Waals surface area contributed by atoms with Crippen molar-refractivity contribution in [3.05, 3.63) is 48.6 Å². The number of unbranched alkanes of at least 4 members (excludes halogenated alkanes) is 1. The molecule has 28 heavy (non-hydrogen) atoms. The summed E-state index contributed by atoms with van der Waals surface area (Å²) in [7, 11) is 0. The molecular weight excluding hydrogens is 366 g/mol. The van der Waals surface area contributed by atoms with Crippen molar-refractivity contribution < 1.29 is 29.0 Å². The minimum Gasteiger partial charge on any atom is -0.480 e. The molecule has 0 heterocycles. The zero-order valence-corrected chi connectivity index (χ0v) is 15.5. The van der Waals surface area contributed by atoms with Gasteiger partial charge in [0.2, 0.25) is 5.91 Å². The van der Waals surface area contributed by atoms with E-state index in [1.165, 1.54) is 0 Å². The van der Waals surface area contributed by atoms with Crippen LogP contribution in [0.15, 0.2) is 43.0 Å². The van der Waals surface area contributed by atoms with Crippen molar-refractivity contribution in [1.29, 1.82) is 0 Å². The van der Waals surface area contributed by atoms with Crippen LogP contribution >= 0.6 is 0 Å². The molecule has 3 amide bonds. The maximum Gasteiger partial charge on any atom is 0.407 e. The van der Waals surface area contributed by atoms with Crippen LogP contribution in [0, 0.1) is 0 Å². The van der Waals surface area contributed by atoms with E-state index in [0.717, 1.165) is 11.6 Å². The summed E-state index contributed by atoms with van der Waals surface area (Å²) in [6.45, 7) is 2.97. The molecule has 0 aliphatic rings. The number of imide groups is 1. The quantitative estimate of drug-likeness (QED) is 0.378. The average molecular weight is 391 g/mol. The van der Waals surface area contributed by atoms with Gasteiger partial charge in [-0.25, -0.2) is 4.79 Å². The maximum absolute atomic E-state index is 12.2. The molecule has 4 N–H and O–H groups in total. The molecule has 0 aromatic heterocycles. The van der Waals surface area contributed by atoms with Gasteiger partial charge in [0, 0.05) is 6.54 Å². The molecule has 152 valence electrons. The third-order valence-corrected chi connectivity index (χ3v) is 3.74. The average Bonchev–Trinajstić information content (AvgIpc) is 2.69. The van der Waals surface area contributed by atoms with Crippen LogP contribution in [0.25, 0.3) is 0 Å². The summed E-state index contributed by atoms with van der Waals surface area (Å²) in [6, 6.07) is 8.23. The van der Waals surface area contributed by atoms with Crippen molar-refractivity contribution in [2.24, 2.45) is 5.73 Å². The highest BCUT2D eigenvalue weighted by atomic mass is 16.5. The van der Waals surface area contributed by atoms with E-state index in [9.17, 15) is 19.2 Å². The van der Waals surface area contributed by atoms with Gasteiger partial charge in [-0.2, -0.15) is 0 Å². The minimum atomic E-state index is -1.33.